The van der Waals surface area contributed by atoms with Gasteiger partial charge in [0.25, 0.3) is 11.8 Å². The minimum Gasteiger partial charge on any atom is -0.391 e. The molecule has 148 valence electrons. The molecular weight excluding hydrogens is 399 g/mol. The zero-order valence-electron chi connectivity index (χ0n) is 15.1. The van der Waals surface area contributed by atoms with Crippen LogP contribution in [0.1, 0.15) is 17.8 Å². The highest BCUT2D eigenvalue weighted by Crippen LogP contribution is 2.22. The highest BCUT2D eigenvalue weighted by Gasteiger charge is 2.27. The van der Waals surface area contributed by atoms with Crippen LogP contribution in [0.4, 0.5) is 4.39 Å². The predicted molar refractivity (Wildman–Crippen MR) is 104 cm³/mol. The molecule has 0 saturated carbocycles. The van der Waals surface area contributed by atoms with Crippen molar-refractivity contribution in [1.82, 2.24) is 15.5 Å². The largest absolute Gasteiger partial charge is 0.391 e. The van der Waals surface area contributed by atoms with Gasteiger partial charge in [0.2, 0.25) is 0 Å². The summed E-state index contributed by atoms with van der Waals surface area (Å²) < 4.78 is 18.2. The lowest BCUT2D eigenvalue weighted by Crippen LogP contribution is -2.30. The minimum absolute atomic E-state index is 0.274. The number of aromatic nitrogens is 2. The lowest BCUT2D eigenvalue weighted by Gasteiger charge is -2.05. The molecular formula is C20H16ClFN4O3. The summed E-state index contributed by atoms with van der Waals surface area (Å²) in [5, 5.41) is 11.1. The number of oxime groups is 1. The fraction of sp³-hybridized carbons (Fsp3) is 0.200. The van der Waals surface area contributed by atoms with Crippen molar-refractivity contribution < 1.29 is 18.5 Å². The summed E-state index contributed by atoms with van der Waals surface area (Å²) in [4.78, 5) is 21.9. The predicted octanol–water partition coefficient (Wildman–Crippen LogP) is 3.53. The van der Waals surface area contributed by atoms with E-state index in [-0.39, 0.29) is 30.1 Å². The maximum Gasteiger partial charge on any atom is 0.269 e. The van der Waals surface area contributed by atoms with Crippen LogP contribution in [0.2, 0.25) is 5.02 Å². The van der Waals surface area contributed by atoms with Gasteiger partial charge in [0.1, 0.15) is 17.6 Å². The van der Waals surface area contributed by atoms with Crippen molar-refractivity contribution in [2.45, 2.75) is 25.5 Å². The Morgan fingerprint density at radius 3 is 2.86 bits per heavy atom. The number of nitrogens with one attached hydrogen (secondary N) is 1. The molecule has 1 atom stereocenters. The molecule has 1 aromatic heterocycles. The normalized spacial score (nSPS) is 15.7. The molecule has 3 aromatic rings. The second-order valence-electron chi connectivity index (χ2n) is 6.51. The molecule has 4 rings (SSSR count). The number of carbonyl (C=O) groups excluding carboxylic acids is 1. The van der Waals surface area contributed by atoms with Crippen LogP contribution in [0, 0.1) is 5.82 Å². The zero-order valence-corrected chi connectivity index (χ0v) is 15.9. The van der Waals surface area contributed by atoms with Gasteiger partial charge >= 0.3 is 0 Å². The van der Waals surface area contributed by atoms with Crippen LogP contribution in [0.5, 0.6) is 0 Å². The molecule has 0 fully saturated rings. The standard InChI is InChI=1S/C20H16ClFN4O3/c21-14-3-1-2-13(8-14)20-24-18(26-29-20)10-16-9-17(25-28-16)19(27)23-11-12-4-6-15(22)7-5-12/h1-8,16H,9-11H2,(H,23,27). The highest BCUT2D eigenvalue weighted by molar-refractivity contribution is 6.39. The molecule has 9 heteroatoms. The van der Waals surface area contributed by atoms with Crippen LogP contribution in [0.25, 0.3) is 11.5 Å². The molecule has 1 amide bonds. The average molecular weight is 415 g/mol. The van der Waals surface area contributed by atoms with Gasteiger partial charge < -0.3 is 14.7 Å². The van der Waals surface area contributed by atoms with Gasteiger partial charge in [-0.05, 0) is 35.9 Å². The molecule has 2 aromatic carbocycles. The van der Waals surface area contributed by atoms with Gasteiger partial charge in [0, 0.05) is 23.6 Å². The maximum atomic E-state index is 12.9. The molecule has 1 N–H and O–H groups in total. The molecule has 1 unspecified atom stereocenters. The van der Waals surface area contributed by atoms with Crippen molar-refractivity contribution in [2.75, 3.05) is 0 Å². The molecule has 0 spiro atoms. The van der Waals surface area contributed by atoms with Crippen LogP contribution < -0.4 is 5.32 Å². The second-order valence-corrected chi connectivity index (χ2v) is 6.95. The number of amides is 1. The van der Waals surface area contributed by atoms with E-state index >= 15 is 0 Å². The summed E-state index contributed by atoms with van der Waals surface area (Å²) >= 11 is 5.98. The fourth-order valence-electron chi connectivity index (χ4n) is 2.84. The highest BCUT2D eigenvalue weighted by atomic mass is 35.5. The van der Waals surface area contributed by atoms with Crippen LogP contribution in [-0.4, -0.2) is 27.9 Å². The first-order valence-electron chi connectivity index (χ1n) is 8.90. The summed E-state index contributed by atoms with van der Waals surface area (Å²) in [5.74, 6) is 0.160. The second kappa shape index (κ2) is 8.40. The third kappa shape index (κ3) is 4.78. The Bertz CT molecular complexity index is 1050. The SMILES string of the molecule is O=C(NCc1ccc(F)cc1)C1=NOC(Cc2noc(-c3cccc(Cl)c3)n2)C1. The van der Waals surface area contributed by atoms with E-state index in [1.165, 1.54) is 12.1 Å². The van der Waals surface area contributed by atoms with Crippen LogP contribution in [-0.2, 0) is 22.6 Å². The number of hydrogen-bond acceptors (Lipinski definition) is 6. The summed E-state index contributed by atoms with van der Waals surface area (Å²) in [7, 11) is 0. The van der Waals surface area contributed by atoms with E-state index in [4.69, 9.17) is 21.0 Å². The Kier molecular flexibility index (Phi) is 5.53. The fourth-order valence-corrected chi connectivity index (χ4v) is 3.03. The summed E-state index contributed by atoms with van der Waals surface area (Å²) in [5.41, 5.74) is 1.80. The van der Waals surface area contributed by atoms with Gasteiger partial charge in [-0.1, -0.05) is 40.1 Å². The molecule has 1 aliphatic rings. The average Bonchev–Trinajstić information content (AvgIpc) is 3.38. The van der Waals surface area contributed by atoms with E-state index in [0.717, 1.165) is 11.1 Å². The Morgan fingerprint density at radius 2 is 2.07 bits per heavy atom. The van der Waals surface area contributed by atoms with E-state index in [1.807, 2.05) is 6.07 Å². The van der Waals surface area contributed by atoms with Crippen molar-refractivity contribution in [2.24, 2.45) is 5.16 Å². The van der Waals surface area contributed by atoms with Crippen LogP contribution in [0.3, 0.4) is 0 Å². The number of rotatable bonds is 6. The van der Waals surface area contributed by atoms with Crippen molar-refractivity contribution in [1.29, 1.82) is 0 Å². The van der Waals surface area contributed by atoms with E-state index in [2.05, 4.69) is 20.6 Å². The minimum atomic E-state index is -0.355. The first kappa shape index (κ1) is 19.1. The number of carbonyl (C=O) groups is 1. The van der Waals surface area contributed by atoms with E-state index in [0.29, 0.717) is 29.6 Å². The lowest BCUT2D eigenvalue weighted by molar-refractivity contribution is -0.115. The van der Waals surface area contributed by atoms with Gasteiger partial charge in [0.15, 0.2) is 5.82 Å². The van der Waals surface area contributed by atoms with Crippen molar-refractivity contribution in [3.8, 4) is 11.5 Å². The van der Waals surface area contributed by atoms with Crippen molar-refractivity contribution in [3.05, 3.63) is 70.8 Å². The van der Waals surface area contributed by atoms with Crippen molar-refractivity contribution >= 4 is 23.2 Å². The summed E-state index contributed by atoms with van der Waals surface area (Å²) in [6.45, 7) is 0.274. The molecule has 2 heterocycles. The first-order valence-corrected chi connectivity index (χ1v) is 9.28. The lowest BCUT2D eigenvalue weighted by atomic mass is 10.1. The van der Waals surface area contributed by atoms with E-state index in [1.54, 1.807) is 30.3 Å². The Balaban J connectivity index is 1.29. The summed E-state index contributed by atoms with van der Waals surface area (Å²) in [6.07, 6.45) is 0.324. The Labute approximate surface area is 170 Å². The molecule has 0 aliphatic carbocycles. The number of benzene rings is 2. The van der Waals surface area contributed by atoms with E-state index < -0.39 is 0 Å². The van der Waals surface area contributed by atoms with Gasteiger partial charge in [0.05, 0.1) is 6.42 Å². The monoisotopic (exact) mass is 414 g/mol. The number of nitrogens with zero attached hydrogens (tertiary/aromatic N) is 3. The van der Waals surface area contributed by atoms with Crippen molar-refractivity contribution in [3.63, 3.8) is 0 Å². The van der Waals surface area contributed by atoms with Gasteiger partial charge in [-0.2, -0.15) is 4.98 Å². The summed E-state index contributed by atoms with van der Waals surface area (Å²) in [6, 6.07) is 13.0. The first-order chi connectivity index (χ1) is 14.1. The number of halogens is 2. The van der Waals surface area contributed by atoms with Gasteiger partial charge in [-0.15, -0.1) is 0 Å². The molecule has 0 radical (unpaired) electrons. The van der Waals surface area contributed by atoms with Crippen LogP contribution in [0.15, 0.2) is 58.2 Å². The maximum absolute atomic E-state index is 12.9. The molecule has 29 heavy (non-hydrogen) atoms. The van der Waals surface area contributed by atoms with E-state index in [9.17, 15) is 9.18 Å². The van der Waals surface area contributed by atoms with Gasteiger partial charge in [-0.25, -0.2) is 4.39 Å². The Hall–Kier alpha value is -3.26. The third-order valence-corrected chi connectivity index (χ3v) is 4.55. The van der Waals surface area contributed by atoms with Crippen LogP contribution >= 0.6 is 11.6 Å². The third-order valence-electron chi connectivity index (χ3n) is 4.31. The molecule has 1 aliphatic heterocycles. The molecule has 0 bridgehead atoms. The van der Waals surface area contributed by atoms with Gasteiger partial charge in [-0.3, -0.25) is 4.79 Å². The smallest absolute Gasteiger partial charge is 0.269 e. The topological polar surface area (TPSA) is 89.6 Å². The molecule has 7 nitrogen and oxygen atoms in total. The Morgan fingerprint density at radius 1 is 1.24 bits per heavy atom. The zero-order chi connectivity index (χ0) is 20.2. The molecule has 0 saturated heterocycles. The quantitative estimate of drug-likeness (QED) is 0.666. The number of hydrogen-bond donors (Lipinski definition) is 1.